The molecule has 0 radical (unpaired) electrons. The maximum absolute atomic E-state index is 14.1. The molecule has 9 nitrogen and oxygen atoms in total. The van der Waals surface area contributed by atoms with E-state index in [-0.39, 0.29) is 16.9 Å². The van der Waals surface area contributed by atoms with Gasteiger partial charge in [-0.2, -0.15) is 18.3 Å². The molecule has 0 aliphatic heterocycles. The Hall–Kier alpha value is -4.39. The van der Waals surface area contributed by atoms with E-state index in [9.17, 15) is 27.2 Å². The van der Waals surface area contributed by atoms with Crippen LogP contribution < -0.4 is 10.6 Å². The Kier molecular flexibility index (Phi) is 6.90. The molecule has 0 bridgehead atoms. The molecule has 0 atom stereocenters. The SMILES string of the molecule is Cc1nc(C)c(-c2ccc3nc(NC(=O)CO)cn3n2)cc1C(=O)NCc1cc(C(F)(F)F)ccc1F. The summed E-state index contributed by atoms with van der Waals surface area (Å²) in [4.78, 5) is 32.8. The zero-order valence-corrected chi connectivity index (χ0v) is 19.5. The maximum Gasteiger partial charge on any atom is 0.416 e. The number of benzene rings is 1. The van der Waals surface area contributed by atoms with E-state index >= 15 is 0 Å². The minimum absolute atomic E-state index is 0.136. The van der Waals surface area contributed by atoms with Crippen LogP contribution in [0.3, 0.4) is 0 Å². The summed E-state index contributed by atoms with van der Waals surface area (Å²) >= 11 is 0. The molecule has 192 valence electrons. The number of carbonyl (C=O) groups is 2. The highest BCUT2D eigenvalue weighted by molar-refractivity contribution is 5.96. The van der Waals surface area contributed by atoms with Crippen molar-refractivity contribution in [3.63, 3.8) is 0 Å². The number of imidazole rings is 1. The number of halogens is 4. The summed E-state index contributed by atoms with van der Waals surface area (Å²) in [6.45, 7) is 2.15. The third-order valence-electron chi connectivity index (χ3n) is 5.47. The van der Waals surface area contributed by atoms with E-state index in [1.54, 1.807) is 26.0 Å². The van der Waals surface area contributed by atoms with Crippen molar-refractivity contribution in [3.8, 4) is 11.3 Å². The minimum Gasteiger partial charge on any atom is -0.387 e. The molecule has 4 rings (SSSR count). The normalized spacial score (nSPS) is 11.5. The van der Waals surface area contributed by atoms with E-state index in [0.29, 0.717) is 46.5 Å². The number of nitrogens with zero attached hydrogens (tertiary/aromatic N) is 4. The number of aromatic nitrogens is 4. The molecule has 0 fully saturated rings. The first-order valence-electron chi connectivity index (χ1n) is 10.9. The van der Waals surface area contributed by atoms with Gasteiger partial charge in [0, 0.05) is 23.4 Å². The third-order valence-corrected chi connectivity index (χ3v) is 5.47. The van der Waals surface area contributed by atoms with Crippen LogP contribution in [0, 0.1) is 19.7 Å². The Morgan fingerprint density at radius 3 is 2.51 bits per heavy atom. The summed E-state index contributed by atoms with van der Waals surface area (Å²) in [5, 5.41) is 18.2. The lowest BCUT2D eigenvalue weighted by Crippen LogP contribution is -2.25. The minimum atomic E-state index is -4.65. The maximum atomic E-state index is 14.1. The van der Waals surface area contributed by atoms with Gasteiger partial charge in [-0.3, -0.25) is 14.6 Å². The van der Waals surface area contributed by atoms with Crippen LogP contribution >= 0.6 is 0 Å². The molecule has 13 heteroatoms. The monoisotopic (exact) mass is 516 g/mol. The van der Waals surface area contributed by atoms with Gasteiger partial charge in [0.25, 0.3) is 11.8 Å². The van der Waals surface area contributed by atoms with Gasteiger partial charge < -0.3 is 15.7 Å². The Bertz CT molecular complexity index is 1520. The predicted octanol–water partition coefficient (Wildman–Crippen LogP) is 3.43. The molecule has 2 amide bonds. The summed E-state index contributed by atoms with van der Waals surface area (Å²) in [6.07, 6.45) is -3.20. The van der Waals surface area contributed by atoms with Gasteiger partial charge in [0.1, 0.15) is 12.4 Å². The highest BCUT2D eigenvalue weighted by Crippen LogP contribution is 2.30. The Balaban J connectivity index is 1.60. The second-order valence-electron chi connectivity index (χ2n) is 8.09. The first-order valence-corrected chi connectivity index (χ1v) is 10.9. The lowest BCUT2D eigenvalue weighted by atomic mass is 10.0. The van der Waals surface area contributed by atoms with Crippen LogP contribution in [0.4, 0.5) is 23.4 Å². The fraction of sp³-hybridized carbons (Fsp3) is 0.208. The van der Waals surface area contributed by atoms with Crippen molar-refractivity contribution in [2.45, 2.75) is 26.6 Å². The van der Waals surface area contributed by atoms with Gasteiger partial charge in [0.05, 0.1) is 28.7 Å². The number of anilines is 1. The zero-order valence-electron chi connectivity index (χ0n) is 19.5. The van der Waals surface area contributed by atoms with E-state index in [1.807, 2.05) is 0 Å². The molecule has 3 aromatic heterocycles. The van der Waals surface area contributed by atoms with Crippen LogP contribution in [0.1, 0.15) is 32.9 Å². The van der Waals surface area contributed by atoms with Crippen molar-refractivity contribution in [1.29, 1.82) is 0 Å². The van der Waals surface area contributed by atoms with Crippen LogP contribution in [-0.4, -0.2) is 43.1 Å². The number of pyridine rings is 1. The molecule has 37 heavy (non-hydrogen) atoms. The van der Waals surface area contributed by atoms with Crippen LogP contribution in [0.15, 0.2) is 42.6 Å². The zero-order chi connectivity index (χ0) is 26.9. The number of aryl methyl sites for hydroxylation is 2. The van der Waals surface area contributed by atoms with Gasteiger partial charge in [-0.1, -0.05) is 0 Å². The summed E-state index contributed by atoms with van der Waals surface area (Å²) in [7, 11) is 0. The Labute approximate surface area is 207 Å². The highest BCUT2D eigenvalue weighted by Gasteiger charge is 2.31. The molecule has 1 aromatic carbocycles. The molecular weight excluding hydrogens is 496 g/mol. The first kappa shape index (κ1) is 25.7. The average molecular weight is 516 g/mol. The number of aliphatic hydroxyl groups is 1. The second kappa shape index (κ2) is 9.93. The highest BCUT2D eigenvalue weighted by atomic mass is 19.4. The van der Waals surface area contributed by atoms with Gasteiger partial charge in [-0.15, -0.1) is 0 Å². The number of nitrogens with one attached hydrogen (secondary N) is 2. The van der Waals surface area contributed by atoms with Crippen LogP contribution in [0.2, 0.25) is 0 Å². The second-order valence-corrected chi connectivity index (χ2v) is 8.09. The summed E-state index contributed by atoms with van der Waals surface area (Å²) in [5.41, 5.74) is 1.06. The fourth-order valence-electron chi connectivity index (χ4n) is 3.64. The van der Waals surface area contributed by atoms with Gasteiger partial charge in [0.2, 0.25) is 0 Å². The summed E-state index contributed by atoms with van der Waals surface area (Å²) in [5.74, 6) is -1.98. The Morgan fingerprint density at radius 1 is 1.05 bits per heavy atom. The summed E-state index contributed by atoms with van der Waals surface area (Å²) < 4.78 is 54.4. The van der Waals surface area contributed by atoms with E-state index in [0.717, 1.165) is 0 Å². The Morgan fingerprint density at radius 2 is 1.81 bits per heavy atom. The summed E-state index contributed by atoms with van der Waals surface area (Å²) in [6, 6.07) is 6.80. The molecule has 0 spiro atoms. The lowest BCUT2D eigenvalue weighted by Gasteiger charge is -2.13. The van der Waals surface area contributed by atoms with E-state index in [1.165, 1.54) is 16.8 Å². The van der Waals surface area contributed by atoms with Gasteiger partial charge in [0.15, 0.2) is 11.5 Å². The quantitative estimate of drug-likeness (QED) is 0.338. The topological polar surface area (TPSA) is 122 Å². The van der Waals surface area contributed by atoms with Crippen LogP contribution in [0.5, 0.6) is 0 Å². The molecule has 0 aliphatic carbocycles. The number of rotatable bonds is 6. The molecule has 0 unspecified atom stereocenters. The van der Waals surface area contributed by atoms with Crippen molar-refractivity contribution >= 4 is 23.3 Å². The number of alkyl halides is 3. The number of hydrogen-bond acceptors (Lipinski definition) is 6. The molecule has 0 aliphatic rings. The lowest BCUT2D eigenvalue weighted by molar-refractivity contribution is -0.137. The third kappa shape index (κ3) is 5.56. The number of fused-ring (bicyclic) bond motifs is 1. The van der Waals surface area contributed by atoms with Crippen molar-refractivity contribution < 1.29 is 32.3 Å². The molecule has 3 heterocycles. The molecule has 3 N–H and O–H groups in total. The smallest absolute Gasteiger partial charge is 0.387 e. The van der Waals surface area contributed by atoms with Gasteiger partial charge >= 0.3 is 6.18 Å². The molecular formula is C24H20F4N6O3. The van der Waals surface area contributed by atoms with E-state index in [2.05, 4.69) is 25.7 Å². The largest absolute Gasteiger partial charge is 0.416 e. The number of carbonyl (C=O) groups excluding carboxylic acids is 2. The molecule has 0 saturated heterocycles. The standard InChI is InChI=1S/C24H20F4N6O3/c1-12-16(19-5-6-21-31-20(10-34(21)33-19)32-22(36)11-35)8-17(13(2)30-12)23(37)29-9-14-7-15(24(26,27)28)3-4-18(14)25/h3-8,10,35H,9,11H2,1-2H3,(H,29,37)(H,32,36). The van der Waals surface area contributed by atoms with Gasteiger partial charge in [-0.05, 0) is 50.2 Å². The first-order chi connectivity index (χ1) is 17.5. The number of hydrogen-bond donors (Lipinski definition) is 3. The fourth-order valence-corrected chi connectivity index (χ4v) is 3.64. The number of amides is 2. The molecule has 0 saturated carbocycles. The number of aliphatic hydroxyl groups excluding tert-OH is 1. The van der Waals surface area contributed by atoms with Crippen molar-refractivity contribution in [1.82, 2.24) is 24.9 Å². The van der Waals surface area contributed by atoms with E-state index < -0.39 is 42.5 Å². The van der Waals surface area contributed by atoms with Crippen LogP contribution in [0.25, 0.3) is 16.9 Å². The molecule has 4 aromatic rings. The van der Waals surface area contributed by atoms with Crippen LogP contribution in [-0.2, 0) is 17.5 Å². The van der Waals surface area contributed by atoms with Crippen molar-refractivity contribution in [2.75, 3.05) is 11.9 Å². The predicted molar refractivity (Wildman–Crippen MR) is 124 cm³/mol. The average Bonchev–Trinajstić information content (AvgIpc) is 3.24. The van der Waals surface area contributed by atoms with Crippen molar-refractivity contribution in [3.05, 3.63) is 76.5 Å². The van der Waals surface area contributed by atoms with E-state index in [4.69, 9.17) is 5.11 Å². The van der Waals surface area contributed by atoms with Gasteiger partial charge in [-0.25, -0.2) is 13.9 Å². The van der Waals surface area contributed by atoms with Crippen molar-refractivity contribution in [2.24, 2.45) is 0 Å².